The average molecular weight is 436 g/mol. The molecular weight excluding hydrogens is 422 g/mol. The van der Waals surface area contributed by atoms with Crippen LogP contribution in [0, 0.1) is 22.7 Å². The van der Waals surface area contributed by atoms with Gasteiger partial charge in [-0.2, -0.15) is 10.5 Å². The molecule has 30 heavy (non-hydrogen) atoms. The largest absolute Gasteiger partial charge is 0.438 e. The van der Waals surface area contributed by atoms with E-state index in [4.69, 9.17) is 22.1 Å². The van der Waals surface area contributed by atoms with E-state index < -0.39 is 11.5 Å². The van der Waals surface area contributed by atoms with Crippen molar-refractivity contribution < 1.29 is 4.74 Å². The van der Waals surface area contributed by atoms with Crippen molar-refractivity contribution in [2.24, 2.45) is 5.73 Å². The fourth-order valence-corrected chi connectivity index (χ4v) is 4.67. The Morgan fingerprint density at radius 3 is 2.70 bits per heavy atom. The first-order chi connectivity index (χ1) is 14.5. The molecule has 0 amide bonds. The Kier molecular flexibility index (Phi) is 4.96. The molecule has 0 saturated carbocycles. The number of nitrogens with two attached hydrogens (primary N) is 1. The molecule has 1 unspecified atom stereocenters. The van der Waals surface area contributed by atoms with Crippen molar-refractivity contribution in [3.05, 3.63) is 80.4 Å². The summed E-state index contributed by atoms with van der Waals surface area (Å²) in [6.45, 7) is 4.11. The maximum absolute atomic E-state index is 13.1. The number of thiophene rings is 1. The summed E-state index contributed by atoms with van der Waals surface area (Å²) in [5, 5.41) is 23.5. The topological polar surface area (TPSA) is 128 Å². The third-order valence-corrected chi connectivity index (χ3v) is 6.14. The molecular formula is C21H14ClN5O2S. The second-order valence-electron chi connectivity index (χ2n) is 6.46. The molecule has 2 aromatic heterocycles. The van der Waals surface area contributed by atoms with Crippen molar-refractivity contribution >= 4 is 38.2 Å². The van der Waals surface area contributed by atoms with E-state index in [0.717, 1.165) is 0 Å². The van der Waals surface area contributed by atoms with Crippen molar-refractivity contribution in [3.63, 3.8) is 0 Å². The van der Waals surface area contributed by atoms with Crippen LogP contribution in [0.5, 0.6) is 5.75 Å². The quantitative estimate of drug-likeness (QED) is 0.532. The highest BCUT2D eigenvalue weighted by atomic mass is 35.5. The van der Waals surface area contributed by atoms with Crippen molar-refractivity contribution in [1.82, 2.24) is 4.98 Å². The predicted molar refractivity (Wildman–Crippen MR) is 117 cm³/mol. The van der Waals surface area contributed by atoms with E-state index in [1.165, 1.54) is 11.3 Å². The number of nitriles is 2. The lowest BCUT2D eigenvalue weighted by Crippen LogP contribution is -2.27. The summed E-state index contributed by atoms with van der Waals surface area (Å²) in [5.41, 5.74) is 7.35. The molecule has 0 spiro atoms. The van der Waals surface area contributed by atoms with Crippen LogP contribution in [0.4, 0.5) is 5.00 Å². The zero-order valence-electron chi connectivity index (χ0n) is 15.5. The number of aromatic nitrogens is 1. The van der Waals surface area contributed by atoms with Crippen molar-refractivity contribution in [2.45, 2.75) is 5.92 Å². The fourth-order valence-electron chi connectivity index (χ4n) is 3.44. The van der Waals surface area contributed by atoms with Gasteiger partial charge in [0.15, 0.2) is 5.75 Å². The van der Waals surface area contributed by atoms with Gasteiger partial charge < -0.3 is 20.8 Å². The van der Waals surface area contributed by atoms with E-state index in [0.29, 0.717) is 37.9 Å². The molecule has 1 aromatic carbocycles. The summed E-state index contributed by atoms with van der Waals surface area (Å²) in [7, 11) is 0. The number of hydrogen-bond acceptors (Lipinski definition) is 7. The van der Waals surface area contributed by atoms with E-state index >= 15 is 0 Å². The minimum atomic E-state index is -0.721. The van der Waals surface area contributed by atoms with Crippen LogP contribution in [0.15, 0.2) is 53.2 Å². The van der Waals surface area contributed by atoms with Crippen LogP contribution < -0.4 is 21.3 Å². The Hall–Kier alpha value is -3.72. The molecule has 0 radical (unpaired) electrons. The van der Waals surface area contributed by atoms with Gasteiger partial charge in [-0.15, -0.1) is 17.9 Å². The lowest BCUT2D eigenvalue weighted by molar-refractivity contribution is 0.397. The van der Waals surface area contributed by atoms with E-state index in [2.05, 4.69) is 29.0 Å². The lowest BCUT2D eigenvalue weighted by atomic mass is 9.84. The second kappa shape index (κ2) is 7.60. The third kappa shape index (κ3) is 3.00. The Balaban J connectivity index is 2.03. The molecule has 4 N–H and O–H groups in total. The van der Waals surface area contributed by atoms with Gasteiger partial charge in [0, 0.05) is 11.6 Å². The molecule has 1 atom stereocenters. The molecule has 0 fully saturated rings. The number of pyridine rings is 1. The molecule has 3 heterocycles. The molecule has 1 aliphatic heterocycles. The molecule has 9 heteroatoms. The van der Waals surface area contributed by atoms with Gasteiger partial charge in [0.25, 0.3) is 5.56 Å². The first-order valence-electron chi connectivity index (χ1n) is 8.80. The monoisotopic (exact) mass is 435 g/mol. The molecule has 0 bridgehead atoms. The number of hydrogen-bond donors (Lipinski definition) is 3. The highest BCUT2D eigenvalue weighted by Crippen LogP contribution is 2.47. The van der Waals surface area contributed by atoms with Crippen LogP contribution >= 0.6 is 22.9 Å². The van der Waals surface area contributed by atoms with Gasteiger partial charge in [0.05, 0.1) is 21.7 Å². The van der Waals surface area contributed by atoms with Gasteiger partial charge in [0.1, 0.15) is 28.3 Å². The standard InChI is InChI=1S/C21H14ClN5O2S/c1-2-7-26-21-13(9-24)16-18(30-21)17-15(20(28)27-16)14(12(8-23)19(25)29-17)10-3-5-11(22)6-4-10/h2-6,14,26H,1,7,25H2,(H,27,28). The Morgan fingerprint density at radius 2 is 2.07 bits per heavy atom. The van der Waals surface area contributed by atoms with Crippen molar-refractivity contribution in [1.29, 1.82) is 10.5 Å². The van der Waals surface area contributed by atoms with Gasteiger partial charge in [-0.25, -0.2) is 0 Å². The number of anilines is 1. The number of fused-ring (bicyclic) bond motifs is 3. The number of aromatic amines is 1. The Bertz CT molecular complexity index is 1360. The van der Waals surface area contributed by atoms with E-state index in [-0.39, 0.29) is 22.8 Å². The number of halogens is 1. The summed E-state index contributed by atoms with van der Waals surface area (Å²) < 4.78 is 6.33. The van der Waals surface area contributed by atoms with Crippen molar-refractivity contribution in [2.75, 3.05) is 11.9 Å². The van der Waals surface area contributed by atoms with E-state index in [1.54, 1.807) is 30.3 Å². The summed E-state index contributed by atoms with van der Waals surface area (Å²) in [6.07, 6.45) is 1.66. The van der Waals surface area contributed by atoms with Gasteiger partial charge in [-0.3, -0.25) is 4.79 Å². The second-order valence-corrected chi connectivity index (χ2v) is 7.92. The van der Waals surface area contributed by atoms with Gasteiger partial charge in [-0.05, 0) is 17.7 Å². The minimum Gasteiger partial charge on any atom is -0.438 e. The summed E-state index contributed by atoms with van der Waals surface area (Å²) in [6, 6.07) is 11.0. The van der Waals surface area contributed by atoms with Crippen LogP contribution in [0.1, 0.15) is 22.6 Å². The number of ether oxygens (including phenoxy) is 1. The van der Waals surface area contributed by atoms with Gasteiger partial charge in [-0.1, -0.05) is 29.8 Å². The van der Waals surface area contributed by atoms with Crippen LogP contribution in [0.3, 0.4) is 0 Å². The SMILES string of the molecule is C=CCNc1sc2c3c(c(=O)[nH]c2c1C#N)C(c1ccc(Cl)cc1)C(C#N)=C(N)O3. The van der Waals surface area contributed by atoms with Crippen LogP contribution in [0.25, 0.3) is 10.2 Å². The summed E-state index contributed by atoms with van der Waals surface area (Å²) >= 11 is 7.26. The number of nitrogens with one attached hydrogen (secondary N) is 2. The smallest absolute Gasteiger partial charge is 0.256 e. The number of allylic oxidation sites excluding steroid dienone is 1. The summed E-state index contributed by atoms with van der Waals surface area (Å²) in [5.74, 6) is -0.552. The molecule has 148 valence electrons. The van der Waals surface area contributed by atoms with Gasteiger partial charge >= 0.3 is 0 Å². The Labute approximate surface area is 180 Å². The third-order valence-electron chi connectivity index (χ3n) is 4.74. The van der Waals surface area contributed by atoms with E-state index in [9.17, 15) is 15.3 Å². The maximum atomic E-state index is 13.1. The number of benzene rings is 1. The van der Waals surface area contributed by atoms with Crippen LogP contribution in [-0.4, -0.2) is 11.5 Å². The normalized spacial score (nSPS) is 15.1. The number of H-pyrrole nitrogens is 1. The maximum Gasteiger partial charge on any atom is 0.256 e. The lowest BCUT2D eigenvalue weighted by Gasteiger charge is -2.25. The highest BCUT2D eigenvalue weighted by molar-refractivity contribution is 7.23. The zero-order valence-corrected chi connectivity index (χ0v) is 17.0. The minimum absolute atomic E-state index is 0.0793. The van der Waals surface area contributed by atoms with Crippen LogP contribution in [0.2, 0.25) is 5.02 Å². The zero-order chi connectivity index (χ0) is 21.4. The molecule has 3 aromatic rings. The number of rotatable bonds is 4. The molecule has 4 rings (SSSR count). The predicted octanol–water partition coefficient (Wildman–Crippen LogP) is 3.93. The summed E-state index contributed by atoms with van der Waals surface area (Å²) in [4.78, 5) is 15.9. The van der Waals surface area contributed by atoms with Crippen molar-refractivity contribution in [3.8, 4) is 17.9 Å². The Morgan fingerprint density at radius 1 is 1.33 bits per heavy atom. The first-order valence-corrected chi connectivity index (χ1v) is 10.00. The molecule has 0 saturated heterocycles. The number of nitrogens with zero attached hydrogens (tertiary/aromatic N) is 2. The average Bonchev–Trinajstić information content (AvgIpc) is 3.09. The van der Waals surface area contributed by atoms with Gasteiger partial charge in [0.2, 0.25) is 5.88 Å². The fraction of sp³-hybridized carbons (Fsp3) is 0.0952. The molecule has 1 aliphatic rings. The van der Waals surface area contributed by atoms with E-state index in [1.807, 2.05) is 0 Å². The first kappa shape index (κ1) is 19.6. The molecule has 0 aliphatic carbocycles. The highest BCUT2D eigenvalue weighted by Gasteiger charge is 2.35. The molecule has 7 nitrogen and oxygen atoms in total. The van der Waals surface area contributed by atoms with Crippen LogP contribution in [-0.2, 0) is 0 Å².